The second kappa shape index (κ2) is 4.98. The van der Waals surface area contributed by atoms with Gasteiger partial charge in [-0.1, -0.05) is 12.8 Å². The van der Waals surface area contributed by atoms with Crippen molar-refractivity contribution in [2.24, 2.45) is 5.92 Å². The lowest BCUT2D eigenvalue weighted by molar-refractivity contribution is 0.264. The van der Waals surface area contributed by atoms with Crippen molar-refractivity contribution in [2.45, 2.75) is 44.1 Å². The lowest BCUT2D eigenvalue weighted by Gasteiger charge is -2.30. The Morgan fingerprint density at radius 2 is 1.86 bits per heavy atom. The van der Waals surface area contributed by atoms with Gasteiger partial charge in [-0.25, -0.2) is 0 Å². The van der Waals surface area contributed by atoms with Crippen LogP contribution in [0.1, 0.15) is 38.5 Å². The molecule has 2 saturated carbocycles. The second-order valence-corrected chi connectivity index (χ2v) is 6.87. The quantitative estimate of drug-likeness (QED) is 0.515. The van der Waals surface area contributed by atoms with Crippen LogP contribution in [-0.4, -0.2) is 16.4 Å². The molecule has 0 bridgehead atoms. The molecule has 80 valence electrons. The van der Waals surface area contributed by atoms with Gasteiger partial charge in [0.15, 0.2) is 0 Å². The van der Waals surface area contributed by atoms with Crippen molar-refractivity contribution in [1.82, 2.24) is 0 Å². The van der Waals surface area contributed by atoms with Crippen molar-refractivity contribution in [3.63, 3.8) is 0 Å². The Morgan fingerprint density at radius 1 is 1.14 bits per heavy atom. The zero-order valence-corrected chi connectivity index (χ0v) is 10.1. The van der Waals surface area contributed by atoms with Crippen molar-refractivity contribution < 1.29 is 8.85 Å². The van der Waals surface area contributed by atoms with Gasteiger partial charge in [-0.2, -0.15) is 0 Å². The molecule has 2 fully saturated rings. The molecule has 0 aromatic rings. The molecule has 14 heavy (non-hydrogen) atoms. The normalized spacial score (nSPS) is 25.8. The van der Waals surface area contributed by atoms with Crippen LogP contribution in [0, 0.1) is 5.92 Å². The monoisotopic (exact) mass is 212 g/mol. The van der Waals surface area contributed by atoms with Crippen molar-refractivity contribution >= 4 is 9.28 Å². The maximum atomic E-state index is 5.74. The van der Waals surface area contributed by atoms with Gasteiger partial charge in [0.05, 0.1) is 6.26 Å². The van der Waals surface area contributed by atoms with Crippen molar-refractivity contribution in [3.05, 3.63) is 12.3 Å². The Hall–Kier alpha value is -0.283. The van der Waals surface area contributed by atoms with Gasteiger partial charge >= 0.3 is 9.28 Å². The maximum absolute atomic E-state index is 5.74. The van der Waals surface area contributed by atoms with E-state index in [0.29, 0.717) is 0 Å². The summed E-state index contributed by atoms with van der Waals surface area (Å²) >= 11 is 0. The van der Waals surface area contributed by atoms with E-state index in [1.54, 1.807) is 7.11 Å². The molecule has 0 heterocycles. The molecule has 0 N–H and O–H groups in total. The smallest absolute Gasteiger partial charge is 0.384 e. The number of hydrogen-bond donors (Lipinski definition) is 0. The Balaban J connectivity index is 1.67. The molecule has 2 aliphatic carbocycles. The Bertz CT molecular complexity index is 197. The van der Waals surface area contributed by atoms with Gasteiger partial charge in [0.1, 0.15) is 0 Å². The standard InChI is InChI=1S/C11H20O2Si/c1-12-14(11-6-3-7-11)13-9-8-10-4-2-5-10/h8-11,14H,2-7H2,1H3. The second-order valence-electron chi connectivity index (χ2n) is 4.45. The number of rotatable bonds is 5. The lowest BCUT2D eigenvalue weighted by Crippen LogP contribution is -2.30. The first kappa shape index (κ1) is 10.2. The maximum Gasteiger partial charge on any atom is 0.384 e. The summed E-state index contributed by atoms with van der Waals surface area (Å²) < 4.78 is 11.2. The zero-order chi connectivity index (χ0) is 9.80. The Kier molecular flexibility index (Phi) is 3.65. The van der Waals surface area contributed by atoms with Crippen molar-refractivity contribution in [2.75, 3.05) is 7.11 Å². The van der Waals surface area contributed by atoms with E-state index in [0.717, 1.165) is 11.5 Å². The molecule has 0 aliphatic heterocycles. The predicted octanol–water partition coefficient (Wildman–Crippen LogP) is 2.74. The molecule has 0 saturated heterocycles. The molecule has 3 heteroatoms. The molecule has 0 radical (unpaired) electrons. The highest BCUT2D eigenvalue weighted by Gasteiger charge is 2.31. The average Bonchev–Trinajstić information content (AvgIpc) is 2.03. The minimum Gasteiger partial charge on any atom is -0.529 e. The van der Waals surface area contributed by atoms with E-state index in [1.165, 1.54) is 38.5 Å². The highest BCUT2D eigenvalue weighted by Crippen LogP contribution is 2.35. The van der Waals surface area contributed by atoms with Crippen LogP contribution in [0.3, 0.4) is 0 Å². The highest BCUT2D eigenvalue weighted by atomic mass is 28.3. The van der Waals surface area contributed by atoms with E-state index >= 15 is 0 Å². The highest BCUT2D eigenvalue weighted by molar-refractivity contribution is 6.46. The summed E-state index contributed by atoms with van der Waals surface area (Å²) in [7, 11) is 0.445. The average molecular weight is 212 g/mol. The molecule has 0 spiro atoms. The summed E-state index contributed by atoms with van der Waals surface area (Å²) in [6.07, 6.45) is 12.2. The largest absolute Gasteiger partial charge is 0.529 e. The van der Waals surface area contributed by atoms with Crippen LogP contribution in [0.2, 0.25) is 5.54 Å². The zero-order valence-electron chi connectivity index (χ0n) is 8.95. The van der Waals surface area contributed by atoms with E-state index in [-0.39, 0.29) is 0 Å². The molecule has 0 amide bonds. The molecule has 0 aromatic carbocycles. The van der Waals surface area contributed by atoms with Crippen LogP contribution in [0.4, 0.5) is 0 Å². The first-order chi connectivity index (χ1) is 6.90. The minimum absolute atomic E-state index is 0.769. The fourth-order valence-corrected chi connectivity index (χ4v) is 3.92. The topological polar surface area (TPSA) is 18.5 Å². The van der Waals surface area contributed by atoms with Crippen LogP contribution >= 0.6 is 0 Å². The van der Waals surface area contributed by atoms with Crippen molar-refractivity contribution in [1.29, 1.82) is 0 Å². The number of hydrogen-bond acceptors (Lipinski definition) is 2. The van der Waals surface area contributed by atoms with Gasteiger partial charge in [0.25, 0.3) is 0 Å². The fourth-order valence-electron chi connectivity index (χ4n) is 1.94. The Morgan fingerprint density at radius 3 is 2.29 bits per heavy atom. The first-order valence-electron chi connectivity index (χ1n) is 5.75. The van der Waals surface area contributed by atoms with Crippen LogP contribution in [-0.2, 0) is 8.85 Å². The van der Waals surface area contributed by atoms with Crippen molar-refractivity contribution in [3.8, 4) is 0 Å². The molecule has 2 aliphatic rings. The summed E-state index contributed by atoms with van der Waals surface area (Å²) in [5, 5.41) is 0. The third-order valence-corrected chi connectivity index (χ3v) is 5.81. The van der Waals surface area contributed by atoms with Crippen LogP contribution < -0.4 is 0 Å². The van der Waals surface area contributed by atoms with E-state index in [4.69, 9.17) is 8.85 Å². The van der Waals surface area contributed by atoms with E-state index < -0.39 is 9.28 Å². The van der Waals surface area contributed by atoms with Gasteiger partial charge in [-0.15, -0.1) is 0 Å². The molecule has 0 aromatic heterocycles. The van der Waals surface area contributed by atoms with Gasteiger partial charge in [-0.3, -0.25) is 0 Å². The summed E-state index contributed by atoms with van der Waals surface area (Å²) in [6, 6.07) is 0. The predicted molar refractivity (Wildman–Crippen MR) is 59.3 cm³/mol. The minimum atomic E-state index is -1.35. The number of allylic oxidation sites excluding steroid dienone is 1. The summed E-state index contributed by atoms with van der Waals surface area (Å²) in [4.78, 5) is 0. The van der Waals surface area contributed by atoms with E-state index in [9.17, 15) is 0 Å². The summed E-state index contributed by atoms with van der Waals surface area (Å²) in [5.41, 5.74) is 0.769. The first-order valence-corrected chi connectivity index (χ1v) is 7.36. The fraction of sp³-hybridized carbons (Fsp3) is 0.818. The molecule has 1 unspecified atom stereocenters. The van der Waals surface area contributed by atoms with Gasteiger partial charge in [0.2, 0.25) is 0 Å². The van der Waals surface area contributed by atoms with Crippen LogP contribution in [0.15, 0.2) is 12.3 Å². The SMILES string of the molecule is CO[SiH](OC=CC1CCC1)C1CCC1. The summed E-state index contributed by atoms with van der Waals surface area (Å²) in [6.45, 7) is 0. The van der Waals surface area contributed by atoms with E-state index in [1.807, 2.05) is 6.26 Å². The molecular formula is C11H20O2Si. The molecule has 2 rings (SSSR count). The van der Waals surface area contributed by atoms with E-state index in [2.05, 4.69) is 6.08 Å². The summed E-state index contributed by atoms with van der Waals surface area (Å²) in [5.74, 6) is 0.794. The Labute approximate surface area is 88.1 Å². The van der Waals surface area contributed by atoms with Gasteiger partial charge < -0.3 is 8.85 Å². The molecular weight excluding hydrogens is 192 g/mol. The van der Waals surface area contributed by atoms with Crippen LogP contribution in [0.5, 0.6) is 0 Å². The molecule has 1 atom stereocenters. The molecule has 2 nitrogen and oxygen atoms in total. The third-order valence-electron chi connectivity index (χ3n) is 3.48. The van der Waals surface area contributed by atoms with Gasteiger partial charge in [0, 0.05) is 12.7 Å². The third kappa shape index (κ3) is 2.39. The van der Waals surface area contributed by atoms with Gasteiger partial charge in [-0.05, 0) is 37.7 Å². The lowest BCUT2D eigenvalue weighted by atomic mass is 9.86. The van der Waals surface area contributed by atoms with Crippen LogP contribution in [0.25, 0.3) is 0 Å².